The molecule has 0 atom stereocenters. The summed E-state index contributed by atoms with van der Waals surface area (Å²) in [5.41, 5.74) is 8.14. The molecule has 1 amide bonds. The van der Waals surface area contributed by atoms with E-state index in [4.69, 9.17) is 5.73 Å². The van der Waals surface area contributed by atoms with Crippen LogP contribution in [0, 0.1) is 13.8 Å². The molecule has 0 aromatic heterocycles. The Hall–Kier alpha value is -2.38. The Balaban J connectivity index is 2.26. The van der Waals surface area contributed by atoms with E-state index in [0.717, 1.165) is 11.1 Å². The Labute approximate surface area is 142 Å². The van der Waals surface area contributed by atoms with Crippen molar-refractivity contribution in [1.82, 2.24) is 0 Å². The number of nitrogens with two attached hydrogens (primary N) is 1. The molecule has 0 saturated heterocycles. The van der Waals surface area contributed by atoms with Crippen LogP contribution in [0.5, 0.6) is 0 Å². The van der Waals surface area contributed by atoms with Gasteiger partial charge in [0.05, 0.1) is 10.6 Å². The van der Waals surface area contributed by atoms with Crippen LogP contribution in [0.4, 0.5) is 11.4 Å². The highest BCUT2D eigenvalue weighted by Crippen LogP contribution is 2.23. The smallest absolute Gasteiger partial charge is 0.261 e. The van der Waals surface area contributed by atoms with Gasteiger partial charge in [0, 0.05) is 18.7 Å². The largest absolute Gasteiger partial charge is 0.330 e. The maximum Gasteiger partial charge on any atom is 0.261 e. The van der Waals surface area contributed by atoms with Crippen molar-refractivity contribution in [2.75, 3.05) is 16.6 Å². The van der Waals surface area contributed by atoms with Gasteiger partial charge in [0.25, 0.3) is 10.0 Å². The molecule has 0 heterocycles. The molecule has 0 aliphatic carbocycles. The standard InChI is InChI=1S/C17H21N3O3S/c1-12-5-3-8-16(13(12)2)20-24(22,23)15-7-4-6-14(11-15)19-17(21)9-10-18/h3-8,11,20H,9-10,18H2,1-2H3,(H,19,21). The highest BCUT2D eigenvalue weighted by Gasteiger charge is 2.16. The lowest BCUT2D eigenvalue weighted by Gasteiger charge is -2.13. The summed E-state index contributed by atoms with van der Waals surface area (Å²) in [6, 6.07) is 11.5. The Morgan fingerprint density at radius 2 is 1.83 bits per heavy atom. The van der Waals surface area contributed by atoms with Crippen molar-refractivity contribution in [3.8, 4) is 0 Å². The van der Waals surface area contributed by atoms with Gasteiger partial charge >= 0.3 is 0 Å². The Bertz CT molecular complexity index is 848. The van der Waals surface area contributed by atoms with Crippen LogP contribution >= 0.6 is 0 Å². The van der Waals surface area contributed by atoms with Crippen molar-refractivity contribution in [3.63, 3.8) is 0 Å². The highest BCUT2D eigenvalue weighted by molar-refractivity contribution is 7.92. The summed E-state index contributed by atoms with van der Waals surface area (Å²) in [5, 5.41) is 2.63. The first-order valence-corrected chi connectivity index (χ1v) is 9.01. The van der Waals surface area contributed by atoms with Crippen molar-refractivity contribution in [2.45, 2.75) is 25.2 Å². The minimum Gasteiger partial charge on any atom is -0.330 e. The molecule has 2 aromatic rings. The fraction of sp³-hybridized carbons (Fsp3) is 0.235. The van der Waals surface area contributed by atoms with E-state index >= 15 is 0 Å². The molecule has 0 bridgehead atoms. The summed E-state index contributed by atoms with van der Waals surface area (Å²) in [5.74, 6) is -0.255. The second-order valence-electron chi connectivity index (χ2n) is 5.47. The second-order valence-corrected chi connectivity index (χ2v) is 7.15. The van der Waals surface area contributed by atoms with Gasteiger partial charge in [-0.3, -0.25) is 9.52 Å². The number of rotatable bonds is 6. The summed E-state index contributed by atoms with van der Waals surface area (Å²) in [6.45, 7) is 4.01. The van der Waals surface area contributed by atoms with Gasteiger partial charge in [0.1, 0.15) is 0 Å². The predicted octanol–water partition coefficient (Wildman–Crippen LogP) is 2.39. The summed E-state index contributed by atoms with van der Waals surface area (Å²) in [4.78, 5) is 11.7. The minimum absolute atomic E-state index is 0.0777. The van der Waals surface area contributed by atoms with Gasteiger partial charge in [0.15, 0.2) is 0 Å². The number of aryl methyl sites for hydroxylation is 1. The minimum atomic E-state index is -3.75. The molecule has 0 fully saturated rings. The van der Waals surface area contributed by atoms with Gasteiger partial charge in [-0.05, 0) is 49.2 Å². The normalized spacial score (nSPS) is 11.1. The zero-order valence-corrected chi connectivity index (χ0v) is 14.5. The molecule has 0 unspecified atom stereocenters. The SMILES string of the molecule is Cc1cccc(NS(=O)(=O)c2cccc(NC(=O)CCN)c2)c1C. The van der Waals surface area contributed by atoms with E-state index in [-0.39, 0.29) is 23.8 Å². The molecule has 2 rings (SSSR count). The van der Waals surface area contributed by atoms with Crippen molar-refractivity contribution in [3.05, 3.63) is 53.6 Å². The average molecular weight is 347 g/mol. The first-order valence-electron chi connectivity index (χ1n) is 7.52. The summed E-state index contributed by atoms with van der Waals surface area (Å²) in [7, 11) is -3.75. The van der Waals surface area contributed by atoms with E-state index in [1.54, 1.807) is 24.3 Å². The number of benzene rings is 2. The average Bonchev–Trinajstić information content (AvgIpc) is 2.52. The summed E-state index contributed by atoms with van der Waals surface area (Å²) < 4.78 is 27.8. The number of anilines is 2. The van der Waals surface area contributed by atoms with Crippen LogP contribution in [-0.4, -0.2) is 20.9 Å². The lowest BCUT2D eigenvalue weighted by atomic mass is 10.1. The fourth-order valence-corrected chi connectivity index (χ4v) is 3.33. The molecular weight excluding hydrogens is 326 g/mol. The molecule has 0 aliphatic rings. The van der Waals surface area contributed by atoms with Crippen LogP contribution < -0.4 is 15.8 Å². The number of carbonyl (C=O) groups is 1. The van der Waals surface area contributed by atoms with Crippen molar-refractivity contribution < 1.29 is 13.2 Å². The predicted molar refractivity (Wildman–Crippen MR) is 95.5 cm³/mol. The number of sulfonamides is 1. The van der Waals surface area contributed by atoms with E-state index in [2.05, 4.69) is 10.0 Å². The first kappa shape index (κ1) is 18.0. The molecule has 7 heteroatoms. The third-order valence-electron chi connectivity index (χ3n) is 3.65. The Kier molecular flexibility index (Phi) is 5.58. The number of carbonyl (C=O) groups excluding carboxylic acids is 1. The molecule has 24 heavy (non-hydrogen) atoms. The van der Waals surface area contributed by atoms with Gasteiger partial charge in [-0.2, -0.15) is 0 Å². The van der Waals surface area contributed by atoms with Gasteiger partial charge in [-0.25, -0.2) is 8.42 Å². The van der Waals surface area contributed by atoms with E-state index < -0.39 is 10.0 Å². The summed E-state index contributed by atoms with van der Waals surface area (Å²) in [6.07, 6.45) is 0.178. The Morgan fingerprint density at radius 3 is 2.54 bits per heavy atom. The van der Waals surface area contributed by atoms with Crippen LogP contribution in [-0.2, 0) is 14.8 Å². The van der Waals surface area contributed by atoms with Crippen molar-refractivity contribution >= 4 is 27.3 Å². The van der Waals surface area contributed by atoms with E-state index in [1.165, 1.54) is 12.1 Å². The van der Waals surface area contributed by atoms with Crippen LogP contribution in [0.15, 0.2) is 47.4 Å². The van der Waals surface area contributed by atoms with Crippen LogP contribution in [0.3, 0.4) is 0 Å². The molecule has 0 spiro atoms. The van der Waals surface area contributed by atoms with Crippen molar-refractivity contribution in [1.29, 1.82) is 0 Å². The van der Waals surface area contributed by atoms with E-state index in [9.17, 15) is 13.2 Å². The quantitative estimate of drug-likeness (QED) is 0.747. The van der Waals surface area contributed by atoms with Gasteiger partial charge in [0.2, 0.25) is 5.91 Å². The monoisotopic (exact) mass is 347 g/mol. The number of nitrogens with one attached hydrogen (secondary N) is 2. The van der Waals surface area contributed by atoms with E-state index in [0.29, 0.717) is 11.4 Å². The number of hydrogen-bond acceptors (Lipinski definition) is 4. The van der Waals surface area contributed by atoms with Crippen LogP contribution in [0.25, 0.3) is 0 Å². The van der Waals surface area contributed by atoms with Crippen LogP contribution in [0.1, 0.15) is 17.5 Å². The molecule has 128 valence electrons. The lowest BCUT2D eigenvalue weighted by molar-refractivity contribution is -0.116. The molecule has 0 radical (unpaired) electrons. The lowest BCUT2D eigenvalue weighted by Crippen LogP contribution is -2.17. The molecular formula is C17H21N3O3S. The number of hydrogen-bond donors (Lipinski definition) is 3. The third kappa shape index (κ3) is 4.33. The van der Waals surface area contributed by atoms with Crippen LogP contribution in [0.2, 0.25) is 0 Å². The first-order chi connectivity index (χ1) is 11.3. The van der Waals surface area contributed by atoms with Gasteiger partial charge in [-0.15, -0.1) is 0 Å². The molecule has 6 nitrogen and oxygen atoms in total. The zero-order chi connectivity index (χ0) is 17.7. The topological polar surface area (TPSA) is 101 Å². The maximum absolute atomic E-state index is 12.6. The zero-order valence-electron chi connectivity index (χ0n) is 13.7. The van der Waals surface area contributed by atoms with E-state index in [1.807, 2.05) is 19.9 Å². The molecule has 0 saturated carbocycles. The third-order valence-corrected chi connectivity index (χ3v) is 5.01. The van der Waals surface area contributed by atoms with Crippen molar-refractivity contribution in [2.24, 2.45) is 5.73 Å². The Morgan fingerprint density at radius 1 is 1.12 bits per heavy atom. The second kappa shape index (κ2) is 7.46. The molecule has 4 N–H and O–H groups in total. The maximum atomic E-state index is 12.6. The number of amides is 1. The fourth-order valence-electron chi connectivity index (χ4n) is 2.16. The molecule has 2 aromatic carbocycles. The molecule has 0 aliphatic heterocycles. The van der Waals surface area contributed by atoms with Gasteiger partial charge in [-0.1, -0.05) is 18.2 Å². The summed E-state index contributed by atoms with van der Waals surface area (Å²) >= 11 is 0. The van der Waals surface area contributed by atoms with Gasteiger partial charge < -0.3 is 11.1 Å². The highest BCUT2D eigenvalue weighted by atomic mass is 32.2.